The summed E-state index contributed by atoms with van der Waals surface area (Å²) in [5.74, 6) is 0.164. The summed E-state index contributed by atoms with van der Waals surface area (Å²) in [6.07, 6.45) is 0.804. The maximum atomic E-state index is 11.8. The predicted molar refractivity (Wildman–Crippen MR) is 70.0 cm³/mol. The molecular formula is C13H22N2O4. The van der Waals surface area contributed by atoms with Crippen molar-refractivity contribution in [2.75, 3.05) is 20.3 Å². The van der Waals surface area contributed by atoms with E-state index in [0.29, 0.717) is 13.0 Å². The van der Waals surface area contributed by atoms with Crippen LogP contribution in [0.5, 0.6) is 0 Å². The van der Waals surface area contributed by atoms with Crippen LogP contribution in [0.2, 0.25) is 0 Å². The van der Waals surface area contributed by atoms with Crippen LogP contribution in [0.15, 0.2) is 10.6 Å². The lowest BCUT2D eigenvalue weighted by Gasteiger charge is -2.08. The molecule has 0 aromatic carbocycles. The minimum absolute atomic E-state index is 0.205. The molecule has 0 saturated carbocycles. The average molecular weight is 270 g/mol. The number of aliphatic hydroxyl groups excluding tert-OH is 1. The molecule has 0 fully saturated rings. The fourth-order valence-corrected chi connectivity index (χ4v) is 1.55. The molecule has 108 valence electrons. The summed E-state index contributed by atoms with van der Waals surface area (Å²) in [4.78, 5) is 11.8. The minimum Gasteiger partial charge on any atom is -0.391 e. The van der Waals surface area contributed by atoms with Gasteiger partial charge in [-0.25, -0.2) is 0 Å². The first kappa shape index (κ1) is 15.7. The molecule has 0 aliphatic carbocycles. The largest absolute Gasteiger partial charge is 0.391 e. The van der Waals surface area contributed by atoms with E-state index in [1.807, 2.05) is 6.92 Å². The highest BCUT2D eigenvalue weighted by molar-refractivity contribution is 5.91. The molecule has 2 N–H and O–H groups in total. The van der Waals surface area contributed by atoms with Crippen molar-refractivity contribution in [1.29, 1.82) is 0 Å². The van der Waals surface area contributed by atoms with E-state index in [2.05, 4.69) is 17.4 Å². The monoisotopic (exact) mass is 270 g/mol. The van der Waals surface area contributed by atoms with E-state index >= 15 is 0 Å². The minimum atomic E-state index is -0.573. The molecule has 0 bridgehead atoms. The summed E-state index contributed by atoms with van der Waals surface area (Å²) in [7, 11) is 1.52. The van der Waals surface area contributed by atoms with Gasteiger partial charge in [0.2, 0.25) is 5.76 Å². The second kappa shape index (κ2) is 7.91. The lowest BCUT2D eigenvalue weighted by atomic mass is 10.1. The third-order valence-electron chi connectivity index (χ3n) is 2.99. The molecule has 1 aromatic heterocycles. The first-order chi connectivity index (χ1) is 9.08. The first-order valence-electron chi connectivity index (χ1n) is 6.50. The van der Waals surface area contributed by atoms with Crippen molar-refractivity contribution < 1.29 is 19.2 Å². The average Bonchev–Trinajstić information content (AvgIpc) is 2.87. The number of nitrogens with zero attached hydrogens (tertiary/aromatic N) is 1. The van der Waals surface area contributed by atoms with Crippen molar-refractivity contribution in [3.05, 3.63) is 17.5 Å². The Hall–Kier alpha value is -1.40. The Bertz CT molecular complexity index is 392. The number of nitrogens with one attached hydrogen (secondary N) is 1. The first-order valence-corrected chi connectivity index (χ1v) is 6.50. The topological polar surface area (TPSA) is 84.6 Å². The number of ether oxygens (including phenoxy) is 1. The van der Waals surface area contributed by atoms with E-state index in [-0.39, 0.29) is 24.2 Å². The number of amides is 1. The van der Waals surface area contributed by atoms with Gasteiger partial charge in [-0.05, 0) is 12.8 Å². The van der Waals surface area contributed by atoms with Crippen molar-refractivity contribution >= 4 is 5.91 Å². The van der Waals surface area contributed by atoms with Crippen LogP contribution in [0, 0.1) is 0 Å². The molecular weight excluding hydrogens is 248 g/mol. The fraction of sp³-hybridized carbons (Fsp3) is 0.692. The SMILES string of the molecule is CCC(C)c1cc(C(=O)NCCC(O)COC)on1. The van der Waals surface area contributed by atoms with E-state index in [9.17, 15) is 9.90 Å². The van der Waals surface area contributed by atoms with E-state index in [0.717, 1.165) is 12.1 Å². The van der Waals surface area contributed by atoms with Crippen LogP contribution < -0.4 is 5.32 Å². The van der Waals surface area contributed by atoms with Crippen LogP contribution in [0.4, 0.5) is 0 Å². The zero-order chi connectivity index (χ0) is 14.3. The highest BCUT2D eigenvalue weighted by Gasteiger charge is 2.15. The van der Waals surface area contributed by atoms with Gasteiger partial charge >= 0.3 is 0 Å². The Balaban J connectivity index is 2.39. The molecule has 6 nitrogen and oxygen atoms in total. The third kappa shape index (κ3) is 5.00. The zero-order valence-electron chi connectivity index (χ0n) is 11.7. The smallest absolute Gasteiger partial charge is 0.289 e. The lowest BCUT2D eigenvalue weighted by molar-refractivity contribution is 0.0585. The van der Waals surface area contributed by atoms with Gasteiger partial charge in [-0.3, -0.25) is 4.79 Å². The summed E-state index contributed by atoms with van der Waals surface area (Å²) in [5.41, 5.74) is 0.784. The van der Waals surface area contributed by atoms with Crippen LogP contribution >= 0.6 is 0 Å². The number of hydrogen-bond donors (Lipinski definition) is 2. The van der Waals surface area contributed by atoms with E-state index in [1.165, 1.54) is 7.11 Å². The molecule has 1 rings (SSSR count). The Morgan fingerprint density at radius 1 is 1.63 bits per heavy atom. The second-order valence-corrected chi connectivity index (χ2v) is 4.58. The Morgan fingerprint density at radius 2 is 2.37 bits per heavy atom. The van der Waals surface area contributed by atoms with Gasteiger partial charge in [0.1, 0.15) is 0 Å². The number of rotatable bonds is 8. The maximum Gasteiger partial charge on any atom is 0.289 e. The summed E-state index contributed by atoms with van der Waals surface area (Å²) in [5, 5.41) is 16.0. The van der Waals surface area contributed by atoms with E-state index < -0.39 is 6.10 Å². The number of aliphatic hydroxyl groups is 1. The highest BCUT2D eigenvalue weighted by Crippen LogP contribution is 2.17. The molecule has 0 aliphatic rings. The van der Waals surface area contributed by atoms with Gasteiger partial charge in [-0.15, -0.1) is 0 Å². The molecule has 19 heavy (non-hydrogen) atoms. The number of carbonyl (C=O) groups is 1. The van der Waals surface area contributed by atoms with Gasteiger partial charge in [-0.2, -0.15) is 0 Å². The second-order valence-electron chi connectivity index (χ2n) is 4.58. The molecule has 1 heterocycles. The predicted octanol–water partition coefficient (Wildman–Crippen LogP) is 1.32. The highest BCUT2D eigenvalue weighted by atomic mass is 16.5. The standard InChI is InChI=1S/C13H22N2O4/c1-4-9(2)11-7-12(19-15-11)13(17)14-6-5-10(16)8-18-3/h7,9-10,16H,4-6,8H2,1-3H3,(H,14,17). The van der Waals surface area contributed by atoms with Crippen LogP contribution in [0.1, 0.15) is 48.9 Å². The fourth-order valence-electron chi connectivity index (χ4n) is 1.55. The molecule has 0 aliphatic heterocycles. The van der Waals surface area contributed by atoms with Gasteiger partial charge < -0.3 is 19.7 Å². The number of aromatic nitrogens is 1. The Morgan fingerprint density at radius 3 is 3.00 bits per heavy atom. The molecule has 2 unspecified atom stereocenters. The van der Waals surface area contributed by atoms with Crippen LogP contribution in [0.25, 0.3) is 0 Å². The van der Waals surface area contributed by atoms with Gasteiger partial charge in [0.15, 0.2) is 0 Å². The molecule has 0 radical (unpaired) electrons. The van der Waals surface area contributed by atoms with Crippen LogP contribution in [0.3, 0.4) is 0 Å². The Kier molecular flexibility index (Phi) is 6.52. The third-order valence-corrected chi connectivity index (χ3v) is 2.99. The van der Waals surface area contributed by atoms with Crippen molar-refractivity contribution in [2.24, 2.45) is 0 Å². The van der Waals surface area contributed by atoms with Gasteiger partial charge in [0.25, 0.3) is 5.91 Å². The summed E-state index contributed by atoms with van der Waals surface area (Å²) >= 11 is 0. The van der Waals surface area contributed by atoms with E-state index in [1.54, 1.807) is 6.07 Å². The van der Waals surface area contributed by atoms with Gasteiger partial charge in [0.05, 0.1) is 18.4 Å². The van der Waals surface area contributed by atoms with Gasteiger partial charge in [0, 0.05) is 25.6 Å². The van der Waals surface area contributed by atoms with Crippen molar-refractivity contribution in [3.63, 3.8) is 0 Å². The van der Waals surface area contributed by atoms with Crippen LogP contribution in [-0.2, 0) is 4.74 Å². The molecule has 0 saturated heterocycles. The number of methoxy groups -OCH3 is 1. The van der Waals surface area contributed by atoms with E-state index in [4.69, 9.17) is 9.26 Å². The molecule has 1 aromatic rings. The zero-order valence-corrected chi connectivity index (χ0v) is 11.7. The molecule has 6 heteroatoms. The quantitative estimate of drug-likeness (QED) is 0.744. The molecule has 2 atom stereocenters. The Labute approximate surface area is 113 Å². The van der Waals surface area contributed by atoms with Crippen molar-refractivity contribution in [2.45, 2.75) is 38.7 Å². The number of hydrogen-bond acceptors (Lipinski definition) is 5. The molecule has 0 spiro atoms. The normalized spacial score (nSPS) is 14.1. The van der Waals surface area contributed by atoms with Crippen molar-refractivity contribution in [1.82, 2.24) is 10.5 Å². The summed E-state index contributed by atoms with van der Waals surface area (Å²) < 4.78 is 9.80. The van der Waals surface area contributed by atoms with Crippen molar-refractivity contribution in [3.8, 4) is 0 Å². The summed E-state index contributed by atoms with van der Waals surface area (Å²) in [6.45, 7) is 4.70. The van der Waals surface area contributed by atoms with Crippen LogP contribution in [-0.4, -0.2) is 42.5 Å². The maximum absolute atomic E-state index is 11.8. The summed E-state index contributed by atoms with van der Waals surface area (Å²) in [6, 6.07) is 1.66. The van der Waals surface area contributed by atoms with Gasteiger partial charge in [-0.1, -0.05) is 19.0 Å². The lowest BCUT2D eigenvalue weighted by Crippen LogP contribution is -2.28. The number of carbonyl (C=O) groups excluding carboxylic acids is 1. The molecule has 1 amide bonds.